The number of nitrogens with one attached hydrogen (secondary N) is 1. The molecular weight excluding hydrogens is 516 g/mol. The van der Waals surface area contributed by atoms with Gasteiger partial charge in [-0.05, 0) is 30.3 Å². The fraction of sp³-hybridized carbons (Fsp3) is 0.0435. The standard InChI is InChI=1S/C23H16F4N6O3S/c24-14-8-11(21(28)34)3-4-12(14)10-37(35)33-20-15(25)9-17(18(26)19(20)27)36-22-13(2-1-6-30-22)16-5-7-31-23(29)32-16/h1-9,33H,10H2,(H2,28,34)(H2,29,31,32). The maximum Gasteiger partial charge on any atom is 0.248 e. The maximum atomic E-state index is 14.8. The minimum absolute atomic E-state index is 0.0531. The number of anilines is 2. The molecule has 0 saturated carbocycles. The molecule has 2 heterocycles. The van der Waals surface area contributed by atoms with Gasteiger partial charge in [0.1, 0.15) is 5.82 Å². The molecule has 37 heavy (non-hydrogen) atoms. The summed E-state index contributed by atoms with van der Waals surface area (Å²) < 4.78 is 78.2. The van der Waals surface area contributed by atoms with Crippen molar-refractivity contribution in [3.05, 3.63) is 89.3 Å². The lowest BCUT2D eigenvalue weighted by Crippen LogP contribution is -2.19. The van der Waals surface area contributed by atoms with Crippen LogP contribution in [0.4, 0.5) is 29.2 Å². The molecule has 0 bridgehead atoms. The summed E-state index contributed by atoms with van der Waals surface area (Å²) in [6, 6.07) is 8.25. The molecule has 1 unspecified atom stereocenters. The van der Waals surface area contributed by atoms with E-state index in [1.54, 1.807) is 0 Å². The van der Waals surface area contributed by atoms with Gasteiger partial charge < -0.3 is 20.8 Å². The van der Waals surface area contributed by atoms with Gasteiger partial charge in [-0.15, -0.1) is 0 Å². The van der Waals surface area contributed by atoms with Crippen molar-refractivity contribution in [3.63, 3.8) is 0 Å². The van der Waals surface area contributed by atoms with Gasteiger partial charge in [0.25, 0.3) is 0 Å². The van der Waals surface area contributed by atoms with Crippen LogP contribution < -0.4 is 20.9 Å². The highest BCUT2D eigenvalue weighted by molar-refractivity contribution is 7.91. The van der Waals surface area contributed by atoms with Gasteiger partial charge in [0.15, 0.2) is 28.8 Å². The number of ether oxygens (including phenoxy) is 1. The summed E-state index contributed by atoms with van der Waals surface area (Å²) in [6.07, 6.45) is 2.68. The number of benzene rings is 2. The van der Waals surface area contributed by atoms with E-state index in [4.69, 9.17) is 16.2 Å². The third-order valence-corrected chi connectivity index (χ3v) is 5.90. The van der Waals surface area contributed by atoms with Crippen LogP contribution in [0.3, 0.4) is 0 Å². The molecule has 2 aromatic carbocycles. The Labute approximate surface area is 209 Å². The lowest BCUT2D eigenvalue weighted by molar-refractivity contribution is 0.1000. The van der Waals surface area contributed by atoms with Gasteiger partial charge in [-0.3, -0.25) is 4.79 Å². The van der Waals surface area contributed by atoms with E-state index in [0.717, 1.165) is 12.1 Å². The number of nitrogens with zero attached hydrogens (tertiary/aromatic N) is 3. The highest BCUT2D eigenvalue weighted by atomic mass is 32.2. The van der Waals surface area contributed by atoms with E-state index in [9.17, 15) is 26.9 Å². The van der Waals surface area contributed by atoms with E-state index in [-0.39, 0.29) is 34.2 Å². The van der Waals surface area contributed by atoms with E-state index in [1.165, 1.54) is 36.7 Å². The molecule has 1 amide bonds. The third-order valence-electron chi connectivity index (χ3n) is 4.89. The van der Waals surface area contributed by atoms with Crippen molar-refractivity contribution in [2.75, 3.05) is 10.5 Å². The molecule has 2 aromatic heterocycles. The van der Waals surface area contributed by atoms with Crippen LogP contribution in [0.5, 0.6) is 11.6 Å². The molecule has 0 radical (unpaired) electrons. The Bertz CT molecular complexity index is 1490. The molecule has 4 aromatic rings. The first-order chi connectivity index (χ1) is 17.6. The maximum absolute atomic E-state index is 14.8. The Balaban J connectivity index is 1.57. The Morgan fingerprint density at radius 3 is 2.51 bits per heavy atom. The first-order valence-electron chi connectivity index (χ1n) is 10.3. The second-order valence-corrected chi connectivity index (χ2v) is 8.56. The number of carbonyl (C=O) groups excluding carboxylic acids is 1. The molecule has 9 nitrogen and oxygen atoms in total. The minimum Gasteiger partial charge on any atom is -0.593 e. The summed E-state index contributed by atoms with van der Waals surface area (Å²) in [7, 11) is 0. The van der Waals surface area contributed by atoms with Crippen LogP contribution in [0.15, 0.2) is 54.9 Å². The quantitative estimate of drug-likeness (QED) is 0.176. The van der Waals surface area contributed by atoms with Crippen LogP contribution in [0.1, 0.15) is 15.9 Å². The van der Waals surface area contributed by atoms with Crippen molar-refractivity contribution in [2.24, 2.45) is 5.73 Å². The zero-order valence-corrected chi connectivity index (χ0v) is 19.4. The second-order valence-electron chi connectivity index (χ2n) is 7.38. The van der Waals surface area contributed by atoms with E-state index in [1.807, 2.05) is 4.72 Å². The smallest absolute Gasteiger partial charge is 0.248 e. The topological polar surface area (TPSA) is 152 Å². The second kappa shape index (κ2) is 10.7. The average molecular weight is 532 g/mol. The molecule has 0 fully saturated rings. The molecule has 5 N–H and O–H groups in total. The molecule has 14 heteroatoms. The van der Waals surface area contributed by atoms with Gasteiger partial charge >= 0.3 is 0 Å². The monoisotopic (exact) mass is 532 g/mol. The predicted molar refractivity (Wildman–Crippen MR) is 126 cm³/mol. The van der Waals surface area contributed by atoms with Crippen molar-refractivity contribution in [1.29, 1.82) is 0 Å². The first-order valence-corrected chi connectivity index (χ1v) is 11.6. The highest BCUT2D eigenvalue weighted by Gasteiger charge is 2.25. The van der Waals surface area contributed by atoms with Gasteiger partial charge in [0, 0.05) is 29.6 Å². The number of primary amides is 1. The predicted octanol–water partition coefficient (Wildman–Crippen LogP) is 3.84. The number of hydrogen-bond donors (Lipinski definition) is 3. The number of pyridine rings is 1. The van der Waals surface area contributed by atoms with Gasteiger partial charge in [-0.1, -0.05) is 6.07 Å². The fourth-order valence-corrected chi connectivity index (χ4v) is 4.15. The number of amides is 1. The normalized spacial score (nSPS) is 11.7. The van der Waals surface area contributed by atoms with E-state index < -0.39 is 57.7 Å². The third kappa shape index (κ3) is 5.70. The molecule has 0 aliphatic heterocycles. The summed E-state index contributed by atoms with van der Waals surface area (Å²) in [5.41, 5.74) is 9.85. The summed E-state index contributed by atoms with van der Waals surface area (Å²) in [5, 5.41) is 0. The van der Waals surface area contributed by atoms with Crippen LogP contribution in [0.25, 0.3) is 11.3 Å². The summed E-state index contributed by atoms with van der Waals surface area (Å²) in [6.45, 7) is 0. The SMILES string of the molecule is NC(=O)c1ccc(C[S+]([O-])Nc2c(F)cc(Oc3ncccc3-c3ccnc(N)n3)c(F)c2F)c(F)c1. The number of hydrogen-bond acceptors (Lipinski definition) is 8. The van der Waals surface area contributed by atoms with Crippen LogP contribution in [0.2, 0.25) is 0 Å². The summed E-state index contributed by atoms with van der Waals surface area (Å²) >= 11 is -2.29. The zero-order chi connectivity index (χ0) is 26.7. The largest absolute Gasteiger partial charge is 0.593 e. The van der Waals surface area contributed by atoms with Gasteiger partial charge in [0.05, 0.1) is 22.6 Å². The van der Waals surface area contributed by atoms with E-state index >= 15 is 0 Å². The van der Waals surface area contributed by atoms with Crippen molar-refractivity contribution in [2.45, 2.75) is 5.75 Å². The van der Waals surface area contributed by atoms with Crippen LogP contribution in [-0.2, 0) is 17.1 Å². The van der Waals surface area contributed by atoms with Crippen molar-refractivity contribution < 1.29 is 31.6 Å². The van der Waals surface area contributed by atoms with Gasteiger partial charge in [-0.25, -0.2) is 32.8 Å². The van der Waals surface area contributed by atoms with Crippen molar-refractivity contribution in [3.8, 4) is 22.9 Å². The zero-order valence-electron chi connectivity index (χ0n) is 18.5. The lowest BCUT2D eigenvalue weighted by Gasteiger charge is -2.16. The fourth-order valence-electron chi connectivity index (χ4n) is 3.15. The van der Waals surface area contributed by atoms with E-state index in [2.05, 4.69) is 15.0 Å². The Morgan fingerprint density at radius 1 is 1.03 bits per heavy atom. The number of nitrogen functional groups attached to an aromatic ring is 1. The number of aromatic nitrogens is 3. The lowest BCUT2D eigenvalue weighted by atomic mass is 10.1. The minimum atomic E-state index is -2.29. The molecular formula is C23H16F4N6O3S. The molecule has 190 valence electrons. The number of nitrogens with two attached hydrogens (primary N) is 2. The summed E-state index contributed by atoms with van der Waals surface area (Å²) in [5.74, 6) is -8.11. The van der Waals surface area contributed by atoms with Crippen LogP contribution in [0, 0.1) is 23.3 Å². The van der Waals surface area contributed by atoms with Gasteiger partial charge in [-0.2, -0.15) is 4.39 Å². The van der Waals surface area contributed by atoms with Crippen molar-refractivity contribution in [1.82, 2.24) is 15.0 Å². The van der Waals surface area contributed by atoms with Crippen molar-refractivity contribution >= 4 is 28.9 Å². The molecule has 0 saturated heterocycles. The number of carbonyl (C=O) groups is 1. The number of halogens is 4. The van der Waals surface area contributed by atoms with Gasteiger partial charge in [0.2, 0.25) is 23.6 Å². The first kappa shape index (κ1) is 25.7. The Morgan fingerprint density at radius 2 is 1.81 bits per heavy atom. The Hall–Kier alpha value is -4.43. The van der Waals surface area contributed by atoms with Crippen LogP contribution in [-0.4, -0.2) is 25.4 Å². The van der Waals surface area contributed by atoms with Crippen LogP contribution >= 0.6 is 0 Å². The molecule has 1 atom stereocenters. The highest BCUT2D eigenvalue weighted by Crippen LogP contribution is 2.35. The molecule has 0 spiro atoms. The summed E-state index contributed by atoms with van der Waals surface area (Å²) in [4.78, 5) is 22.9. The molecule has 0 aliphatic carbocycles. The average Bonchev–Trinajstić information content (AvgIpc) is 2.86. The molecule has 0 aliphatic rings. The number of rotatable bonds is 8. The van der Waals surface area contributed by atoms with E-state index in [0.29, 0.717) is 6.07 Å². The Kier molecular flexibility index (Phi) is 7.40. The molecule has 4 rings (SSSR count).